The third-order valence-corrected chi connectivity index (χ3v) is 8.04. The van der Waals surface area contributed by atoms with Gasteiger partial charge in [-0.25, -0.2) is 0 Å². The van der Waals surface area contributed by atoms with Crippen molar-refractivity contribution in [1.29, 1.82) is 0 Å². The summed E-state index contributed by atoms with van der Waals surface area (Å²) in [6, 6.07) is 6.72. The Morgan fingerprint density at radius 2 is 1.54 bits per heavy atom. The number of benzene rings is 2. The summed E-state index contributed by atoms with van der Waals surface area (Å²) < 4.78 is 79.1. The number of halogens is 6. The van der Waals surface area contributed by atoms with Crippen molar-refractivity contribution in [3.8, 4) is 0 Å². The van der Waals surface area contributed by atoms with Crippen molar-refractivity contribution in [3.63, 3.8) is 0 Å². The Labute approximate surface area is 204 Å². The first-order chi connectivity index (χ1) is 16.3. The van der Waals surface area contributed by atoms with Gasteiger partial charge in [0, 0.05) is 22.4 Å². The van der Waals surface area contributed by atoms with Crippen LogP contribution in [0.4, 0.5) is 32.0 Å². The first-order valence-electron chi connectivity index (χ1n) is 10.3. The predicted octanol–water partition coefficient (Wildman–Crippen LogP) is 6.60. The Hall–Kier alpha value is -2.60. The molecule has 2 aromatic rings. The van der Waals surface area contributed by atoms with E-state index in [0.29, 0.717) is 23.5 Å². The van der Waals surface area contributed by atoms with Crippen molar-refractivity contribution in [1.82, 2.24) is 5.32 Å². The zero-order chi connectivity index (χ0) is 25.7. The first kappa shape index (κ1) is 25.5. The van der Waals surface area contributed by atoms with Crippen LogP contribution >= 0.6 is 21.6 Å². The smallest absolute Gasteiger partial charge is 0.339 e. The summed E-state index contributed by atoms with van der Waals surface area (Å²) in [4.78, 5) is 27.5. The number of alkyl halides is 6. The molecule has 0 saturated carbocycles. The monoisotopic (exact) mass is 532 g/mol. The summed E-state index contributed by atoms with van der Waals surface area (Å²) in [6.07, 6.45) is -10.2. The number of fused-ring (bicyclic) bond motifs is 1. The second-order valence-electron chi connectivity index (χ2n) is 8.32. The number of nitrogens with one attached hydrogen (secondary N) is 1. The summed E-state index contributed by atoms with van der Waals surface area (Å²) in [5.41, 5.74) is -1.85. The van der Waals surface area contributed by atoms with Gasteiger partial charge in [0.15, 0.2) is 0 Å². The maximum absolute atomic E-state index is 13.2. The van der Waals surface area contributed by atoms with E-state index in [9.17, 15) is 35.9 Å². The summed E-state index contributed by atoms with van der Waals surface area (Å²) >= 11 is 0. The van der Waals surface area contributed by atoms with Gasteiger partial charge < -0.3 is 5.32 Å². The van der Waals surface area contributed by atoms with Gasteiger partial charge in [0.05, 0.1) is 16.4 Å². The van der Waals surface area contributed by atoms with Crippen LogP contribution in [0.2, 0.25) is 0 Å². The number of hydrogen-bond acceptors (Lipinski definition) is 4. The maximum Gasteiger partial charge on any atom is 0.416 e. The van der Waals surface area contributed by atoms with Crippen LogP contribution in [0.25, 0.3) is 0 Å². The van der Waals surface area contributed by atoms with Crippen LogP contribution in [0.1, 0.15) is 46.8 Å². The summed E-state index contributed by atoms with van der Waals surface area (Å²) in [7, 11) is 2.59. The van der Waals surface area contributed by atoms with E-state index in [1.807, 2.05) is 26.0 Å². The van der Waals surface area contributed by atoms with Gasteiger partial charge in [-0.15, -0.1) is 0 Å². The van der Waals surface area contributed by atoms with Crippen LogP contribution in [0.5, 0.6) is 0 Å². The summed E-state index contributed by atoms with van der Waals surface area (Å²) in [5.74, 6) is -1.46. The lowest BCUT2D eigenvalue weighted by atomic mass is 10.0. The number of rotatable bonds is 4. The molecule has 4 nitrogen and oxygen atoms in total. The molecule has 2 aromatic carbocycles. The minimum Gasteiger partial charge on any atom is -0.339 e. The van der Waals surface area contributed by atoms with E-state index < -0.39 is 52.1 Å². The molecule has 35 heavy (non-hydrogen) atoms. The molecule has 2 aliphatic heterocycles. The van der Waals surface area contributed by atoms with Crippen LogP contribution in [0, 0.1) is 0 Å². The number of nitrogens with zero attached hydrogens (tertiary/aromatic N) is 1. The van der Waals surface area contributed by atoms with E-state index in [0.717, 1.165) is 5.56 Å². The lowest BCUT2D eigenvalue weighted by Crippen LogP contribution is -2.45. The molecule has 12 heteroatoms. The quantitative estimate of drug-likeness (QED) is 0.356. The molecule has 2 amide bonds. The zero-order valence-corrected chi connectivity index (χ0v) is 19.8. The molecule has 1 fully saturated rings. The molecule has 0 spiro atoms. The van der Waals surface area contributed by atoms with Crippen molar-refractivity contribution in [2.75, 3.05) is 4.90 Å². The fraction of sp³-hybridized carbons (Fsp3) is 0.304. The second-order valence-corrected chi connectivity index (χ2v) is 10.6. The predicted molar refractivity (Wildman–Crippen MR) is 123 cm³/mol. The molecule has 2 unspecified atom stereocenters. The number of amides is 2. The molecule has 186 valence electrons. The molecule has 2 heterocycles. The van der Waals surface area contributed by atoms with Gasteiger partial charge in [-0.05, 0) is 41.8 Å². The Morgan fingerprint density at radius 1 is 0.971 bits per heavy atom. The van der Waals surface area contributed by atoms with Crippen molar-refractivity contribution >= 4 is 39.1 Å². The maximum atomic E-state index is 13.2. The molecule has 2 atom stereocenters. The van der Waals surface area contributed by atoms with Crippen molar-refractivity contribution in [2.24, 2.45) is 0 Å². The number of carbonyl (C=O) groups is 2. The van der Waals surface area contributed by atoms with Crippen molar-refractivity contribution < 1.29 is 35.9 Å². The van der Waals surface area contributed by atoms with Gasteiger partial charge in [-0.3, -0.25) is 14.5 Å². The SMILES string of the molecule is CC(C)c1ccc(N2C(=O)C(NC(=O)c3cc(C(F)(F)F)cc(C(F)(F)F)c3)C3SSC=C32)cc1. The third-order valence-electron chi connectivity index (χ3n) is 5.62. The molecule has 0 radical (unpaired) electrons. The van der Waals surface area contributed by atoms with Crippen molar-refractivity contribution in [3.05, 3.63) is 75.8 Å². The van der Waals surface area contributed by atoms with Gasteiger partial charge in [0.25, 0.3) is 11.8 Å². The second kappa shape index (κ2) is 9.12. The minimum atomic E-state index is -5.09. The number of hydrogen-bond donors (Lipinski definition) is 1. The van der Waals surface area contributed by atoms with E-state index in [-0.39, 0.29) is 12.0 Å². The average Bonchev–Trinajstić information content (AvgIpc) is 3.34. The molecule has 1 saturated heterocycles. The zero-order valence-electron chi connectivity index (χ0n) is 18.2. The van der Waals surface area contributed by atoms with Crippen LogP contribution in [-0.2, 0) is 17.1 Å². The van der Waals surface area contributed by atoms with Crippen LogP contribution in [0.15, 0.2) is 53.6 Å². The molecule has 1 N–H and O–H groups in total. The van der Waals surface area contributed by atoms with E-state index in [4.69, 9.17) is 0 Å². The fourth-order valence-electron chi connectivity index (χ4n) is 3.79. The topological polar surface area (TPSA) is 49.4 Å². The number of carbonyl (C=O) groups excluding carboxylic acids is 2. The standard InChI is InChI=1S/C23H18F6N2O2S2/c1-11(2)12-3-5-16(6-4-12)31-17-10-34-35-19(17)18(21(31)33)30-20(32)13-7-14(22(24,25)26)9-15(8-13)23(27,28)29/h3-11,18-19H,1-2H3,(H,30,32). The highest BCUT2D eigenvalue weighted by molar-refractivity contribution is 8.78. The van der Waals surface area contributed by atoms with Crippen LogP contribution in [-0.4, -0.2) is 23.1 Å². The van der Waals surface area contributed by atoms with Gasteiger partial charge in [0.1, 0.15) is 6.04 Å². The molecule has 4 rings (SSSR count). The van der Waals surface area contributed by atoms with Crippen molar-refractivity contribution in [2.45, 2.75) is 43.4 Å². The van der Waals surface area contributed by atoms with E-state index in [1.165, 1.54) is 26.5 Å². The van der Waals surface area contributed by atoms with Gasteiger partial charge in [0.2, 0.25) is 0 Å². The van der Waals surface area contributed by atoms with Crippen LogP contribution in [0.3, 0.4) is 0 Å². The summed E-state index contributed by atoms with van der Waals surface area (Å²) in [5, 5.41) is 3.55. The number of anilines is 1. The Bertz CT molecular complexity index is 1160. The molecule has 2 aliphatic rings. The molecule has 0 bridgehead atoms. The van der Waals surface area contributed by atoms with E-state index in [2.05, 4.69) is 5.32 Å². The molecular weight excluding hydrogens is 514 g/mol. The lowest BCUT2D eigenvalue weighted by Gasteiger charge is -2.19. The Kier molecular flexibility index (Phi) is 6.64. The normalized spacial score (nSPS) is 20.3. The Morgan fingerprint density at radius 3 is 2.06 bits per heavy atom. The lowest BCUT2D eigenvalue weighted by molar-refractivity contribution is -0.143. The van der Waals surface area contributed by atoms with Gasteiger partial charge >= 0.3 is 12.4 Å². The van der Waals surface area contributed by atoms with Gasteiger partial charge in [-0.1, -0.05) is 47.6 Å². The molecule has 0 aromatic heterocycles. The highest BCUT2D eigenvalue weighted by Gasteiger charge is 2.49. The van der Waals surface area contributed by atoms with E-state index >= 15 is 0 Å². The average molecular weight is 533 g/mol. The van der Waals surface area contributed by atoms with Crippen LogP contribution < -0.4 is 10.2 Å². The minimum absolute atomic E-state index is 0.0512. The summed E-state index contributed by atoms with van der Waals surface area (Å²) in [6.45, 7) is 4.03. The highest BCUT2D eigenvalue weighted by atomic mass is 33.1. The Balaban J connectivity index is 1.64. The third kappa shape index (κ3) is 5.04. The largest absolute Gasteiger partial charge is 0.416 e. The fourth-order valence-corrected chi connectivity index (χ4v) is 6.42. The highest BCUT2D eigenvalue weighted by Crippen LogP contribution is 2.49. The first-order valence-corrected chi connectivity index (χ1v) is 12.6. The van der Waals surface area contributed by atoms with Gasteiger partial charge in [-0.2, -0.15) is 26.3 Å². The molecule has 0 aliphatic carbocycles. The molecular formula is C23H18F6N2O2S2. The van der Waals surface area contributed by atoms with E-state index in [1.54, 1.807) is 17.5 Å².